The summed E-state index contributed by atoms with van der Waals surface area (Å²) in [5, 5.41) is 18.4. The molecule has 5 aliphatic rings. The quantitative estimate of drug-likeness (QED) is 0.349. The summed E-state index contributed by atoms with van der Waals surface area (Å²) in [6.07, 6.45) is 8.87. The van der Waals surface area contributed by atoms with Crippen molar-refractivity contribution >= 4 is 23.3 Å². The normalized spacial score (nSPS) is 31.1. The molecule has 4 saturated carbocycles. The molecule has 8 rings (SSSR count). The summed E-state index contributed by atoms with van der Waals surface area (Å²) in [7, 11) is 0. The van der Waals surface area contributed by atoms with Gasteiger partial charge in [0.15, 0.2) is 0 Å². The number of carbonyl (C=O) groups excluding carboxylic acids is 1. The number of urea groups is 1. The number of aliphatic hydroxyl groups excluding tert-OH is 1. The van der Waals surface area contributed by atoms with Crippen molar-refractivity contribution in [2.45, 2.75) is 50.7 Å². The van der Waals surface area contributed by atoms with Gasteiger partial charge >= 0.3 is 6.03 Å². The van der Waals surface area contributed by atoms with Gasteiger partial charge in [0.2, 0.25) is 0 Å². The highest BCUT2D eigenvalue weighted by Crippen LogP contribution is 2.64. The molecule has 0 spiro atoms. The molecular weight excluding hydrogens is 503 g/mol. The maximum atomic E-state index is 15.0. The Bertz CT molecular complexity index is 1360. The Balaban J connectivity index is 1.04. The molecule has 8 heteroatoms. The molecule has 198 valence electrons. The monoisotopic (exact) mass is 534 g/mol. The number of imidazole rings is 1. The molecule has 1 aromatic heterocycles. The zero-order valence-electron chi connectivity index (χ0n) is 21.1. The lowest BCUT2D eigenvalue weighted by Gasteiger charge is -2.61. The predicted octanol–water partition coefficient (Wildman–Crippen LogP) is 6.26. The van der Waals surface area contributed by atoms with Crippen molar-refractivity contribution in [3.8, 4) is 11.3 Å². The van der Waals surface area contributed by atoms with Gasteiger partial charge in [-0.2, -0.15) is 0 Å². The number of carbonyl (C=O) groups is 1. The van der Waals surface area contributed by atoms with Crippen LogP contribution < -0.4 is 10.6 Å². The predicted molar refractivity (Wildman–Crippen MR) is 144 cm³/mol. The van der Waals surface area contributed by atoms with Crippen molar-refractivity contribution in [1.82, 2.24) is 14.9 Å². The Morgan fingerprint density at radius 1 is 1.16 bits per heavy atom. The third-order valence-electron chi connectivity index (χ3n) is 9.93. The zero-order chi connectivity index (χ0) is 26.0. The summed E-state index contributed by atoms with van der Waals surface area (Å²) in [5.41, 5.74) is 3.07. The number of aliphatic hydroxyl groups is 1. The molecule has 4 unspecified atom stereocenters. The van der Waals surface area contributed by atoms with Crippen LogP contribution in [0.15, 0.2) is 55.0 Å². The Kier molecular flexibility index (Phi) is 5.78. The summed E-state index contributed by atoms with van der Waals surface area (Å²) in [4.78, 5) is 16.9. The second kappa shape index (κ2) is 9.09. The molecule has 4 atom stereocenters. The van der Waals surface area contributed by atoms with Gasteiger partial charge < -0.3 is 20.3 Å². The molecule has 1 aliphatic heterocycles. The van der Waals surface area contributed by atoms with Gasteiger partial charge in [-0.3, -0.25) is 0 Å². The van der Waals surface area contributed by atoms with Crippen molar-refractivity contribution in [1.29, 1.82) is 0 Å². The number of benzene rings is 2. The summed E-state index contributed by atoms with van der Waals surface area (Å²) < 4.78 is 17.0. The molecule has 3 N–H and O–H groups in total. The van der Waals surface area contributed by atoms with Crippen LogP contribution >= 0.6 is 11.6 Å². The van der Waals surface area contributed by atoms with Gasteiger partial charge in [-0.05, 0) is 97.9 Å². The maximum Gasteiger partial charge on any atom is 0.319 e. The number of hydrogen-bond acceptors (Lipinski definition) is 3. The fraction of sp³-hybridized carbons (Fsp3) is 0.467. The topological polar surface area (TPSA) is 79.2 Å². The number of amides is 2. The Morgan fingerprint density at radius 2 is 1.92 bits per heavy atom. The number of halogens is 2. The Morgan fingerprint density at radius 3 is 2.68 bits per heavy atom. The largest absolute Gasteiger partial charge is 0.392 e. The standard InChI is InChI=1S/C30H32ClFN4O2/c31-20-4-6-21(7-5-20)35-29(38)34-14-23-18-8-17-9-19(23)13-30(11-17,12-18)27(37)10-25-28-22(2-1-3-24(28)32)26-15-33-16-36(25)26/h1-7,15-19,23,25,27,37H,8-14H2,(H2,34,35,38). The van der Waals surface area contributed by atoms with Gasteiger partial charge in [-0.15, -0.1) is 0 Å². The van der Waals surface area contributed by atoms with Crippen LogP contribution in [0, 0.1) is 34.9 Å². The molecule has 4 fully saturated rings. The van der Waals surface area contributed by atoms with E-state index in [9.17, 15) is 14.3 Å². The van der Waals surface area contributed by atoms with Crippen molar-refractivity contribution < 1.29 is 14.3 Å². The van der Waals surface area contributed by atoms with Crippen LogP contribution in [0.2, 0.25) is 5.02 Å². The van der Waals surface area contributed by atoms with Gasteiger partial charge in [0.05, 0.1) is 30.4 Å². The lowest BCUT2D eigenvalue weighted by Crippen LogP contribution is -2.57. The number of nitrogens with one attached hydrogen (secondary N) is 2. The van der Waals surface area contributed by atoms with Gasteiger partial charge in [0, 0.05) is 28.4 Å². The van der Waals surface area contributed by atoms with Gasteiger partial charge in [0.1, 0.15) is 5.82 Å². The van der Waals surface area contributed by atoms with E-state index in [1.165, 1.54) is 18.9 Å². The second-order valence-corrected chi connectivity index (χ2v) is 12.4. The van der Waals surface area contributed by atoms with Crippen LogP contribution in [0.4, 0.5) is 14.9 Å². The molecule has 0 radical (unpaired) electrons. The van der Waals surface area contributed by atoms with E-state index in [4.69, 9.17) is 11.6 Å². The number of nitrogens with zero attached hydrogens (tertiary/aromatic N) is 2. The third kappa shape index (κ3) is 3.93. The lowest BCUT2D eigenvalue weighted by atomic mass is 9.44. The van der Waals surface area contributed by atoms with E-state index in [0.29, 0.717) is 52.9 Å². The molecule has 2 amide bonds. The number of hydrogen-bond donors (Lipinski definition) is 3. The molecule has 4 aliphatic carbocycles. The van der Waals surface area contributed by atoms with Crippen LogP contribution in [-0.4, -0.2) is 33.3 Å². The highest BCUT2D eigenvalue weighted by molar-refractivity contribution is 6.30. The number of fused-ring (bicyclic) bond motifs is 3. The number of aromatic nitrogens is 2. The SMILES string of the molecule is O=C(NCC1C2CC3CC1CC(C(O)CC1c4c(F)cccc4-c4cncn41)(C3)C2)Nc1ccc(Cl)cc1. The third-order valence-corrected chi connectivity index (χ3v) is 10.2. The van der Waals surface area contributed by atoms with Crippen molar-refractivity contribution in [3.63, 3.8) is 0 Å². The molecule has 3 aromatic rings. The highest BCUT2D eigenvalue weighted by Gasteiger charge is 2.58. The van der Waals surface area contributed by atoms with Crippen molar-refractivity contribution in [3.05, 3.63) is 71.4 Å². The molecular formula is C30H32ClFN4O2. The summed E-state index contributed by atoms with van der Waals surface area (Å²) in [6.45, 7) is 0.646. The Labute approximate surface area is 226 Å². The van der Waals surface area contributed by atoms with Gasteiger partial charge in [0.25, 0.3) is 0 Å². The van der Waals surface area contributed by atoms with E-state index in [1.54, 1.807) is 42.9 Å². The first-order valence-electron chi connectivity index (χ1n) is 13.7. The minimum absolute atomic E-state index is 0.132. The maximum absolute atomic E-state index is 15.0. The summed E-state index contributed by atoms with van der Waals surface area (Å²) in [5.74, 6) is 1.81. The number of anilines is 1. The first kappa shape index (κ1) is 24.2. The average molecular weight is 535 g/mol. The molecule has 2 aromatic carbocycles. The molecule has 4 bridgehead atoms. The summed E-state index contributed by atoms with van der Waals surface area (Å²) in [6, 6.07) is 11.9. The van der Waals surface area contributed by atoms with Gasteiger partial charge in [-0.25, -0.2) is 14.2 Å². The highest BCUT2D eigenvalue weighted by atomic mass is 35.5. The van der Waals surface area contributed by atoms with Crippen LogP contribution in [-0.2, 0) is 0 Å². The van der Waals surface area contributed by atoms with E-state index in [1.807, 2.05) is 10.6 Å². The molecule has 38 heavy (non-hydrogen) atoms. The first-order chi connectivity index (χ1) is 18.4. The smallest absolute Gasteiger partial charge is 0.319 e. The molecule has 6 nitrogen and oxygen atoms in total. The van der Waals surface area contributed by atoms with E-state index in [0.717, 1.165) is 30.5 Å². The summed E-state index contributed by atoms with van der Waals surface area (Å²) >= 11 is 5.94. The molecule has 2 heterocycles. The fourth-order valence-electron chi connectivity index (χ4n) is 8.55. The first-order valence-corrected chi connectivity index (χ1v) is 14.1. The zero-order valence-corrected chi connectivity index (χ0v) is 21.9. The fourth-order valence-corrected chi connectivity index (χ4v) is 8.67. The van der Waals surface area contributed by atoms with Crippen LogP contribution in [0.1, 0.15) is 50.1 Å². The second-order valence-electron chi connectivity index (χ2n) is 12.0. The van der Waals surface area contributed by atoms with E-state index in [-0.39, 0.29) is 23.3 Å². The van der Waals surface area contributed by atoms with E-state index >= 15 is 0 Å². The van der Waals surface area contributed by atoms with E-state index < -0.39 is 6.10 Å². The lowest BCUT2D eigenvalue weighted by molar-refractivity contribution is -0.149. The van der Waals surface area contributed by atoms with Crippen LogP contribution in [0.3, 0.4) is 0 Å². The molecule has 0 saturated heterocycles. The van der Waals surface area contributed by atoms with Gasteiger partial charge in [-0.1, -0.05) is 23.7 Å². The number of rotatable bonds is 6. The Hall–Kier alpha value is -2.90. The van der Waals surface area contributed by atoms with E-state index in [2.05, 4.69) is 15.6 Å². The van der Waals surface area contributed by atoms with Crippen molar-refractivity contribution in [2.75, 3.05) is 11.9 Å². The van der Waals surface area contributed by atoms with Crippen molar-refractivity contribution in [2.24, 2.45) is 29.1 Å². The minimum Gasteiger partial charge on any atom is -0.392 e. The van der Waals surface area contributed by atoms with Crippen LogP contribution in [0.25, 0.3) is 11.3 Å². The average Bonchev–Trinajstić information content (AvgIpc) is 3.48. The minimum atomic E-state index is -0.511. The van der Waals surface area contributed by atoms with Crippen LogP contribution in [0.5, 0.6) is 0 Å².